The van der Waals surface area contributed by atoms with Crippen LogP contribution in [0.25, 0.3) is 0 Å². The highest BCUT2D eigenvalue weighted by atomic mass is 16.5. The maximum absolute atomic E-state index is 5.89. The lowest BCUT2D eigenvalue weighted by Crippen LogP contribution is -2.44. The summed E-state index contributed by atoms with van der Waals surface area (Å²) in [7, 11) is 1.86. The predicted molar refractivity (Wildman–Crippen MR) is 75.8 cm³/mol. The van der Waals surface area contributed by atoms with E-state index in [1.54, 1.807) is 0 Å². The lowest BCUT2D eigenvalue weighted by Gasteiger charge is -2.34. The number of benzene rings is 1. The van der Waals surface area contributed by atoms with E-state index in [1.807, 2.05) is 7.11 Å². The summed E-state index contributed by atoms with van der Waals surface area (Å²) in [5.41, 5.74) is 1.60. The van der Waals surface area contributed by atoms with Crippen molar-refractivity contribution in [3.8, 4) is 0 Å². The Hall–Kier alpha value is -0.860. The molecule has 0 bridgehead atoms. The van der Waals surface area contributed by atoms with Crippen LogP contribution in [0.5, 0.6) is 0 Å². The smallest absolute Gasteiger partial charge is 0.0857 e. The van der Waals surface area contributed by atoms with Crippen molar-refractivity contribution in [3.63, 3.8) is 0 Å². The Labute approximate surface area is 111 Å². The zero-order valence-corrected chi connectivity index (χ0v) is 12.1. The minimum absolute atomic E-state index is 0.00532. The van der Waals surface area contributed by atoms with E-state index in [1.165, 1.54) is 5.56 Å². The molecule has 0 N–H and O–H groups in total. The molecule has 1 unspecified atom stereocenters. The third kappa shape index (κ3) is 2.93. The number of hydrogen-bond acceptors (Lipinski definition) is 2. The molecule has 1 aromatic rings. The molecule has 0 aliphatic carbocycles. The van der Waals surface area contributed by atoms with Crippen LogP contribution < -0.4 is 0 Å². The summed E-state index contributed by atoms with van der Waals surface area (Å²) in [6, 6.07) is 10.7. The summed E-state index contributed by atoms with van der Waals surface area (Å²) in [6.07, 6.45) is 2.13. The van der Waals surface area contributed by atoms with Crippen molar-refractivity contribution in [2.45, 2.75) is 44.8 Å². The van der Waals surface area contributed by atoms with Crippen LogP contribution in [-0.2, 0) is 11.2 Å². The van der Waals surface area contributed by atoms with Crippen molar-refractivity contribution in [3.05, 3.63) is 35.9 Å². The Morgan fingerprint density at radius 2 is 1.89 bits per heavy atom. The van der Waals surface area contributed by atoms with Gasteiger partial charge < -0.3 is 4.74 Å². The van der Waals surface area contributed by atoms with E-state index in [4.69, 9.17) is 4.74 Å². The van der Waals surface area contributed by atoms with Crippen molar-refractivity contribution < 1.29 is 4.74 Å². The summed E-state index contributed by atoms with van der Waals surface area (Å²) in [5, 5.41) is 0. The molecule has 1 atom stereocenters. The van der Waals surface area contributed by atoms with Crippen LogP contribution in [0.2, 0.25) is 0 Å². The molecule has 18 heavy (non-hydrogen) atoms. The van der Waals surface area contributed by atoms with E-state index >= 15 is 0 Å². The van der Waals surface area contributed by atoms with E-state index in [0.717, 1.165) is 25.9 Å². The monoisotopic (exact) mass is 247 g/mol. The molecular weight excluding hydrogens is 222 g/mol. The quantitative estimate of drug-likeness (QED) is 0.813. The molecule has 2 nitrogen and oxygen atoms in total. The van der Waals surface area contributed by atoms with Crippen LogP contribution in [0.15, 0.2) is 30.3 Å². The molecule has 100 valence electrons. The Bertz CT molecular complexity index is 382. The lowest BCUT2D eigenvalue weighted by molar-refractivity contribution is -0.00883. The average Bonchev–Trinajstić information content (AvgIpc) is 2.75. The van der Waals surface area contributed by atoms with E-state index < -0.39 is 0 Å². The van der Waals surface area contributed by atoms with Gasteiger partial charge in [0.2, 0.25) is 0 Å². The minimum Gasteiger partial charge on any atom is -0.377 e. The molecule has 1 fully saturated rings. The second-order valence-electron chi connectivity index (χ2n) is 6.39. The summed E-state index contributed by atoms with van der Waals surface area (Å²) in [5.74, 6) is 0. The number of rotatable bonds is 3. The van der Waals surface area contributed by atoms with Gasteiger partial charge in [-0.05, 0) is 32.8 Å². The largest absolute Gasteiger partial charge is 0.377 e. The summed E-state index contributed by atoms with van der Waals surface area (Å²) < 4.78 is 5.89. The first kappa shape index (κ1) is 13.6. The molecule has 0 radical (unpaired) electrons. The molecule has 0 saturated carbocycles. The first-order chi connectivity index (χ1) is 8.45. The van der Waals surface area contributed by atoms with Gasteiger partial charge in [0.15, 0.2) is 0 Å². The lowest BCUT2D eigenvalue weighted by atomic mass is 9.93. The maximum atomic E-state index is 5.89. The first-order valence-corrected chi connectivity index (χ1v) is 6.79. The molecule has 0 amide bonds. The van der Waals surface area contributed by atoms with Crippen LogP contribution in [-0.4, -0.2) is 36.2 Å². The fourth-order valence-corrected chi connectivity index (χ4v) is 2.77. The van der Waals surface area contributed by atoms with Crippen LogP contribution in [0.4, 0.5) is 0 Å². The van der Waals surface area contributed by atoms with Gasteiger partial charge in [-0.2, -0.15) is 0 Å². The molecule has 2 heteroatoms. The highest BCUT2D eigenvalue weighted by molar-refractivity contribution is 5.18. The first-order valence-electron chi connectivity index (χ1n) is 6.79. The molecule has 0 aromatic heterocycles. The molecule has 0 spiro atoms. The highest BCUT2D eigenvalue weighted by Gasteiger charge is 2.41. The standard InChI is InChI=1S/C16H25NO/c1-15(2,3)17-11-10-16(13-17,18-4)12-14-8-6-5-7-9-14/h5-9H,10-13H2,1-4H3. The SMILES string of the molecule is COC1(Cc2ccccc2)CCN(C(C)(C)C)C1. The summed E-state index contributed by atoms with van der Waals surface area (Å²) >= 11 is 0. The fraction of sp³-hybridized carbons (Fsp3) is 0.625. The van der Waals surface area contributed by atoms with Gasteiger partial charge in [0.25, 0.3) is 0 Å². The van der Waals surface area contributed by atoms with E-state index in [-0.39, 0.29) is 11.1 Å². The molecular formula is C16H25NO. The Kier molecular flexibility index (Phi) is 3.79. The second-order valence-corrected chi connectivity index (χ2v) is 6.39. The van der Waals surface area contributed by atoms with Gasteiger partial charge in [-0.1, -0.05) is 30.3 Å². The molecule has 2 rings (SSSR count). The van der Waals surface area contributed by atoms with Gasteiger partial charge in [0.05, 0.1) is 5.60 Å². The third-order valence-corrected chi connectivity index (χ3v) is 4.07. The van der Waals surface area contributed by atoms with Crippen LogP contribution in [0.3, 0.4) is 0 Å². The fourth-order valence-electron chi connectivity index (χ4n) is 2.77. The third-order valence-electron chi connectivity index (χ3n) is 4.07. The summed E-state index contributed by atoms with van der Waals surface area (Å²) in [6.45, 7) is 9.00. The van der Waals surface area contributed by atoms with Crippen molar-refractivity contribution in [2.75, 3.05) is 20.2 Å². The molecule has 1 aliphatic heterocycles. The van der Waals surface area contributed by atoms with E-state index in [9.17, 15) is 0 Å². The highest BCUT2D eigenvalue weighted by Crippen LogP contribution is 2.32. The van der Waals surface area contributed by atoms with Crippen LogP contribution in [0, 0.1) is 0 Å². The minimum atomic E-state index is -0.00532. The topological polar surface area (TPSA) is 12.5 Å². The zero-order valence-electron chi connectivity index (χ0n) is 12.1. The van der Waals surface area contributed by atoms with Crippen LogP contribution >= 0.6 is 0 Å². The van der Waals surface area contributed by atoms with Crippen LogP contribution in [0.1, 0.15) is 32.8 Å². The van der Waals surface area contributed by atoms with Gasteiger partial charge in [-0.25, -0.2) is 0 Å². The number of methoxy groups -OCH3 is 1. The van der Waals surface area contributed by atoms with Gasteiger partial charge in [-0.3, -0.25) is 4.90 Å². The van der Waals surface area contributed by atoms with Crippen molar-refractivity contribution in [1.29, 1.82) is 0 Å². The second kappa shape index (κ2) is 5.02. The van der Waals surface area contributed by atoms with Crippen molar-refractivity contribution >= 4 is 0 Å². The predicted octanol–water partition coefficient (Wildman–Crippen LogP) is 3.12. The number of ether oxygens (including phenoxy) is 1. The molecule has 1 saturated heterocycles. The van der Waals surface area contributed by atoms with Gasteiger partial charge in [0, 0.05) is 32.2 Å². The maximum Gasteiger partial charge on any atom is 0.0857 e. The molecule has 1 heterocycles. The molecule has 1 aromatic carbocycles. The normalized spacial score (nSPS) is 25.6. The van der Waals surface area contributed by atoms with E-state index in [2.05, 4.69) is 56.0 Å². The van der Waals surface area contributed by atoms with Gasteiger partial charge in [0.1, 0.15) is 0 Å². The van der Waals surface area contributed by atoms with Gasteiger partial charge >= 0.3 is 0 Å². The van der Waals surface area contributed by atoms with E-state index in [0.29, 0.717) is 0 Å². The number of hydrogen-bond donors (Lipinski definition) is 0. The average molecular weight is 247 g/mol. The van der Waals surface area contributed by atoms with Crippen molar-refractivity contribution in [2.24, 2.45) is 0 Å². The molecule has 1 aliphatic rings. The summed E-state index contributed by atoms with van der Waals surface area (Å²) in [4.78, 5) is 2.53. The Morgan fingerprint density at radius 1 is 1.22 bits per heavy atom. The number of likely N-dealkylation sites (tertiary alicyclic amines) is 1. The Morgan fingerprint density at radius 3 is 2.39 bits per heavy atom. The number of nitrogens with zero attached hydrogens (tertiary/aromatic N) is 1. The van der Waals surface area contributed by atoms with Crippen molar-refractivity contribution in [1.82, 2.24) is 4.90 Å². The zero-order chi connectivity index (χ0) is 13.2. The Balaban J connectivity index is 2.10. The van der Waals surface area contributed by atoms with Gasteiger partial charge in [-0.15, -0.1) is 0 Å².